The number of hydrogen-bond donors (Lipinski definition) is 2. The normalized spacial score (nSPS) is 12.8. The molecular formula is C12H20IN3. The van der Waals surface area contributed by atoms with Gasteiger partial charge in [-0.15, -0.1) is 24.0 Å². The largest absolute Gasteiger partial charge is 0.370 e. The van der Waals surface area contributed by atoms with Gasteiger partial charge in [-0.2, -0.15) is 0 Å². The Kier molecular flexibility index (Phi) is 7.97. The van der Waals surface area contributed by atoms with Gasteiger partial charge < -0.3 is 11.1 Å². The number of aliphatic imine (C=N–C) groups is 1. The van der Waals surface area contributed by atoms with E-state index >= 15 is 0 Å². The molecule has 4 heteroatoms. The molecule has 0 aliphatic carbocycles. The number of halogens is 1. The molecular weight excluding hydrogens is 313 g/mol. The summed E-state index contributed by atoms with van der Waals surface area (Å²) in [6, 6.07) is 10.5. The van der Waals surface area contributed by atoms with Crippen molar-refractivity contribution in [1.29, 1.82) is 0 Å². The quantitative estimate of drug-likeness (QED) is 0.505. The zero-order valence-electron chi connectivity index (χ0n) is 9.81. The highest BCUT2D eigenvalue weighted by atomic mass is 127. The van der Waals surface area contributed by atoms with Gasteiger partial charge in [-0.3, -0.25) is 4.99 Å². The molecule has 3 nitrogen and oxygen atoms in total. The van der Waals surface area contributed by atoms with Gasteiger partial charge in [0.2, 0.25) is 0 Å². The summed E-state index contributed by atoms with van der Waals surface area (Å²) in [6.45, 7) is 3.02. The lowest BCUT2D eigenvalue weighted by Gasteiger charge is -2.16. The van der Waals surface area contributed by atoms with Crippen LogP contribution >= 0.6 is 24.0 Å². The van der Waals surface area contributed by atoms with Crippen LogP contribution in [0.25, 0.3) is 0 Å². The molecule has 90 valence electrons. The molecule has 1 aromatic rings. The fraction of sp³-hybridized carbons (Fsp3) is 0.417. The molecule has 1 atom stereocenters. The van der Waals surface area contributed by atoms with Gasteiger partial charge in [-0.05, 0) is 12.0 Å². The molecule has 0 bridgehead atoms. The van der Waals surface area contributed by atoms with E-state index in [1.807, 2.05) is 6.07 Å². The predicted octanol–water partition coefficient (Wildman–Crippen LogP) is 2.33. The predicted molar refractivity (Wildman–Crippen MR) is 80.4 cm³/mol. The summed E-state index contributed by atoms with van der Waals surface area (Å²) in [5.41, 5.74) is 6.94. The maximum Gasteiger partial charge on any atom is 0.188 e. The van der Waals surface area contributed by atoms with Gasteiger partial charge >= 0.3 is 0 Å². The third-order valence-corrected chi connectivity index (χ3v) is 2.53. The average Bonchev–Trinajstić information content (AvgIpc) is 2.31. The van der Waals surface area contributed by atoms with Crippen LogP contribution < -0.4 is 11.1 Å². The van der Waals surface area contributed by atoms with Gasteiger partial charge in [0.15, 0.2) is 5.96 Å². The van der Waals surface area contributed by atoms with Crippen LogP contribution in [0, 0.1) is 0 Å². The smallest absolute Gasteiger partial charge is 0.188 e. The third kappa shape index (κ3) is 4.83. The van der Waals surface area contributed by atoms with E-state index < -0.39 is 0 Å². The summed E-state index contributed by atoms with van der Waals surface area (Å²) in [4.78, 5) is 3.87. The van der Waals surface area contributed by atoms with Crippen LogP contribution in [-0.2, 0) is 0 Å². The first-order chi connectivity index (χ1) is 7.27. The van der Waals surface area contributed by atoms with Gasteiger partial charge in [-0.25, -0.2) is 0 Å². The maximum atomic E-state index is 5.59. The Labute approximate surface area is 115 Å². The van der Waals surface area contributed by atoms with E-state index in [1.165, 1.54) is 5.56 Å². The molecule has 0 saturated carbocycles. The highest BCUT2D eigenvalue weighted by molar-refractivity contribution is 14.0. The van der Waals surface area contributed by atoms with Crippen molar-refractivity contribution in [2.24, 2.45) is 10.7 Å². The van der Waals surface area contributed by atoms with Crippen molar-refractivity contribution in [2.75, 3.05) is 13.6 Å². The molecule has 16 heavy (non-hydrogen) atoms. The summed E-state index contributed by atoms with van der Waals surface area (Å²) in [6.07, 6.45) is 1.09. The molecule has 0 aliphatic rings. The lowest BCUT2D eigenvalue weighted by Crippen LogP contribution is -2.34. The zero-order chi connectivity index (χ0) is 11.1. The second-order valence-electron chi connectivity index (χ2n) is 3.51. The summed E-state index contributed by atoms with van der Waals surface area (Å²) in [7, 11) is 1.69. The van der Waals surface area contributed by atoms with E-state index in [1.54, 1.807) is 7.05 Å². The Morgan fingerprint density at radius 3 is 2.50 bits per heavy atom. The lowest BCUT2D eigenvalue weighted by molar-refractivity contribution is 0.637. The van der Waals surface area contributed by atoms with Crippen molar-refractivity contribution in [3.63, 3.8) is 0 Å². The van der Waals surface area contributed by atoms with E-state index in [4.69, 9.17) is 5.73 Å². The number of benzene rings is 1. The fourth-order valence-electron chi connectivity index (χ4n) is 1.53. The number of hydrogen-bond acceptors (Lipinski definition) is 1. The lowest BCUT2D eigenvalue weighted by atomic mass is 9.97. The topological polar surface area (TPSA) is 50.4 Å². The minimum absolute atomic E-state index is 0. The Morgan fingerprint density at radius 2 is 2.00 bits per heavy atom. The number of nitrogens with two attached hydrogens (primary N) is 1. The summed E-state index contributed by atoms with van der Waals surface area (Å²) in [5, 5.41) is 3.11. The van der Waals surface area contributed by atoms with Gasteiger partial charge in [0.1, 0.15) is 0 Å². The molecule has 1 aromatic carbocycles. The molecule has 3 N–H and O–H groups in total. The van der Waals surface area contributed by atoms with Gasteiger partial charge in [0.05, 0.1) is 0 Å². The minimum Gasteiger partial charge on any atom is -0.370 e. The van der Waals surface area contributed by atoms with Crippen molar-refractivity contribution in [3.8, 4) is 0 Å². The molecule has 1 unspecified atom stereocenters. The van der Waals surface area contributed by atoms with Crippen LogP contribution in [0.3, 0.4) is 0 Å². The van der Waals surface area contributed by atoms with Crippen molar-refractivity contribution in [3.05, 3.63) is 35.9 Å². The number of nitrogens with zero attached hydrogens (tertiary/aromatic N) is 1. The van der Waals surface area contributed by atoms with Crippen molar-refractivity contribution in [2.45, 2.75) is 19.3 Å². The van der Waals surface area contributed by atoms with E-state index in [0.717, 1.165) is 13.0 Å². The number of nitrogens with one attached hydrogen (secondary N) is 1. The second kappa shape index (κ2) is 8.38. The first-order valence-corrected chi connectivity index (χ1v) is 5.29. The minimum atomic E-state index is 0. The number of guanidine groups is 1. The molecule has 1 rings (SSSR count). The van der Waals surface area contributed by atoms with E-state index in [-0.39, 0.29) is 24.0 Å². The van der Waals surface area contributed by atoms with Crippen LogP contribution in [0.5, 0.6) is 0 Å². The SMILES string of the molecule is CCC(CNC(N)=NC)c1ccccc1.I. The molecule has 0 saturated heterocycles. The van der Waals surface area contributed by atoms with Gasteiger partial charge in [-0.1, -0.05) is 37.3 Å². The number of rotatable bonds is 4. The van der Waals surface area contributed by atoms with Gasteiger partial charge in [0.25, 0.3) is 0 Å². The Morgan fingerprint density at radius 1 is 1.38 bits per heavy atom. The van der Waals surface area contributed by atoms with Crippen molar-refractivity contribution >= 4 is 29.9 Å². The van der Waals surface area contributed by atoms with Crippen LogP contribution in [0.15, 0.2) is 35.3 Å². The van der Waals surface area contributed by atoms with Crippen LogP contribution in [0.4, 0.5) is 0 Å². The third-order valence-electron chi connectivity index (χ3n) is 2.53. The zero-order valence-corrected chi connectivity index (χ0v) is 12.1. The molecule has 0 aromatic heterocycles. The molecule has 0 spiro atoms. The van der Waals surface area contributed by atoms with Crippen LogP contribution in [0.1, 0.15) is 24.8 Å². The summed E-state index contributed by atoms with van der Waals surface area (Å²) >= 11 is 0. The maximum absolute atomic E-state index is 5.59. The first kappa shape index (κ1) is 15.2. The molecule has 0 fully saturated rings. The molecule has 0 radical (unpaired) electrons. The summed E-state index contributed by atoms with van der Waals surface area (Å²) in [5.74, 6) is 0.996. The molecule has 0 heterocycles. The molecule has 0 amide bonds. The highest BCUT2D eigenvalue weighted by Crippen LogP contribution is 2.17. The van der Waals surface area contributed by atoms with Crippen LogP contribution in [-0.4, -0.2) is 19.6 Å². The first-order valence-electron chi connectivity index (χ1n) is 5.29. The monoisotopic (exact) mass is 333 g/mol. The van der Waals surface area contributed by atoms with E-state index in [0.29, 0.717) is 11.9 Å². The average molecular weight is 333 g/mol. The van der Waals surface area contributed by atoms with Crippen molar-refractivity contribution < 1.29 is 0 Å². The fourth-order valence-corrected chi connectivity index (χ4v) is 1.53. The van der Waals surface area contributed by atoms with E-state index in [9.17, 15) is 0 Å². The van der Waals surface area contributed by atoms with E-state index in [2.05, 4.69) is 41.5 Å². The van der Waals surface area contributed by atoms with Gasteiger partial charge in [0, 0.05) is 19.5 Å². The Hall–Kier alpha value is -0.780. The Balaban J connectivity index is 0.00000225. The molecule has 0 aliphatic heterocycles. The van der Waals surface area contributed by atoms with Crippen molar-refractivity contribution in [1.82, 2.24) is 5.32 Å². The second-order valence-corrected chi connectivity index (χ2v) is 3.51. The standard InChI is InChI=1S/C12H19N3.HI/c1-3-10(9-15-12(13)14-2)11-7-5-4-6-8-11;/h4-8,10H,3,9H2,1-2H3,(H3,13,14,15);1H. The van der Waals surface area contributed by atoms with Crippen LogP contribution in [0.2, 0.25) is 0 Å². The summed E-state index contributed by atoms with van der Waals surface area (Å²) < 4.78 is 0. The highest BCUT2D eigenvalue weighted by Gasteiger charge is 2.08. The Bertz CT molecular complexity index is 311.